The van der Waals surface area contributed by atoms with Gasteiger partial charge in [0.15, 0.2) is 23.0 Å². The Hall–Kier alpha value is -2.89. The van der Waals surface area contributed by atoms with Crippen LogP contribution >= 0.6 is 0 Å². The lowest BCUT2D eigenvalue weighted by molar-refractivity contribution is 0.171. The first-order valence-electron chi connectivity index (χ1n) is 8.53. The van der Waals surface area contributed by atoms with Crippen molar-refractivity contribution in [2.24, 2.45) is 4.99 Å². The van der Waals surface area contributed by atoms with Gasteiger partial charge in [0.05, 0.1) is 27.0 Å². The van der Waals surface area contributed by atoms with E-state index in [9.17, 15) is 0 Å². The number of methoxy groups -OCH3 is 3. The number of hydrogen-bond acceptors (Lipinski definition) is 6. The van der Waals surface area contributed by atoms with Crippen molar-refractivity contribution in [1.82, 2.24) is 0 Å². The molecule has 0 bridgehead atoms. The number of aliphatic imine (C=N–C) groups is 1. The third-order valence-electron chi connectivity index (χ3n) is 4.61. The Bertz CT molecular complexity index is 850. The van der Waals surface area contributed by atoms with Crippen LogP contribution in [0.1, 0.15) is 16.7 Å². The molecule has 0 N–H and O–H groups in total. The zero-order chi connectivity index (χ0) is 18.1. The zero-order valence-electron chi connectivity index (χ0n) is 15.1. The molecule has 0 aliphatic carbocycles. The second-order valence-corrected chi connectivity index (χ2v) is 6.05. The standard InChI is InChI=1S/C20H21NO5/c1-22-17-9-13(10-18(23-2)20(17)24-3)19-14-11-16-15(25-6-7-26-16)8-12(14)4-5-21-19/h8-11H,4-7H2,1-3H3. The van der Waals surface area contributed by atoms with E-state index in [-0.39, 0.29) is 0 Å². The summed E-state index contributed by atoms with van der Waals surface area (Å²) < 4.78 is 27.8. The number of hydrogen-bond donors (Lipinski definition) is 0. The average molecular weight is 355 g/mol. The molecule has 0 unspecified atom stereocenters. The Balaban J connectivity index is 1.84. The van der Waals surface area contributed by atoms with E-state index in [4.69, 9.17) is 28.7 Å². The molecule has 2 aliphatic rings. The highest BCUT2D eigenvalue weighted by atomic mass is 16.6. The van der Waals surface area contributed by atoms with Crippen LogP contribution in [-0.2, 0) is 6.42 Å². The summed E-state index contributed by atoms with van der Waals surface area (Å²) in [6.45, 7) is 1.86. The molecular formula is C20H21NO5. The summed E-state index contributed by atoms with van der Waals surface area (Å²) in [6.07, 6.45) is 0.875. The van der Waals surface area contributed by atoms with Gasteiger partial charge in [-0.05, 0) is 36.2 Å². The molecule has 0 radical (unpaired) electrons. The summed E-state index contributed by atoms with van der Waals surface area (Å²) in [5.41, 5.74) is 4.06. The van der Waals surface area contributed by atoms with E-state index in [0.29, 0.717) is 30.5 Å². The average Bonchev–Trinajstić information content (AvgIpc) is 2.70. The van der Waals surface area contributed by atoms with Gasteiger partial charge in [0.25, 0.3) is 0 Å². The molecule has 0 aromatic heterocycles. The molecule has 2 aliphatic heterocycles. The summed E-state index contributed by atoms with van der Waals surface area (Å²) in [7, 11) is 4.82. The van der Waals surface area contributed by atoms with E-state index >= 15 is 0 Å². The first kappa shape index (κ1) is 16.6. The minimum Gasteiger partial charge on any atom is -0.493 e. The highest BCUT2D eigenvalue weighted by molar-refractivity contribution is 6.15. The van der Waals surface area contributed by atoms with Gasteiger partial charge < -0.3 is 23.7 Å². The molecule has 0 atom stereocenters. The van der Waals surface area contributed by atoms with E-state index in [0.717, 1.165) is 41.3 Å². The lowest BCUT2D eigenvalue weighted by Crippen LogP contribution is -2.19. The fraction of sp³-hybridized carbons (Fsp3) is 0.350. The van der Waals surface area contributed by atoms with Crippen molar-refractivity contribution in [2.45, 2.75) is 6.42 Å². The lowest BCUT2D eigenvalue weighted by Gasteiger charge is -2.24. The molecule has 0 saturated heterocycles. The van der Waals surface area contributed by atoms with Crippen LogP contribution in [0.4, 0.5) is 0 Å². The SMILES string of the molecule is COc1cc(C2=NCCc3cc4c(cc32)OCCO4)cc(OC)c1OC. The molecule has 0 amide bonds. The Labute approximate surface area is 152 Å². The summed E-state index contributed by atoms with van der Waals surface area (Å²) in [5, 5.41) is 0. The predicted octanol–water partition coefficient (Wildman–Crippen LogP) is 2.88. The third kappa shape index (κ3) is 2.71. The fourth-order valence-corrected chi connectivity index (χ4v) is 3.40. The maximum absolute atomic E-state index is 5.75. The molecule has 2 aromatic rings. The lowest BCUT2D eigenvalue weighted by atomic mass is 9.92. The minimum atomic E-state index is 0.558. The number of benzene rings is 2. The highest BCUT2D eigenvalue weighted by Crippen LogP contribution is 2.40. The number of nitrogens with zero attached hydrogens (tertiary/aromatic N) is 1. The van der Waals surface area contributed by atoms with Crippen LogP contribution in [0.3, 0.4) is 0 Å². The Morgan fingerprint density at radius 2 is 1.50 bits per heavy atom. The van der Waals surface area contributed by atoms with Crippen molar-refractivity contribution in [3.8, 4) is 28.7 Å². The molecule has 0 fully saturated rings. The molecule has 0 saturated carbocycles. The summed E-state index contributed by atoms with van der Waals surface area (Å²) in [6, 6.07) is 7.93. The van der Waals surface area contributed by atoms with Gasteiger partial charge in [-0.25, -0.2) is 0 Å². The van der Waals surface area contributed by atoms with Gasteiger partial charge in [0.2, 0.25) is 5.75 Å². The first-order chi connectivity index (χ1) is 12.7. The molecule has 6 nitrogen and oxygen atoms in total. The van der Waals surface area contributed by atoms with E-state index in [1.807, 2.05) is 18.2 Å². The topological polar surface area (TPSA) is 58.5 Å². The molecule has 6 heteroatoms. The van der Waals surface area contributed by atoms with Crippen molar-refractivity contribution in [3.05, 3.63) is 41.0 Å². The van der Waals surface area contributed by atoms with E-state index in [1.165, 1.54) is 5.56 Å². The number of fused-ring (bicyclic) bond motifs is 2. The van der Waals surface area contributed by atoms with Crippen LogP contribution in [0, 0.1) is 0 Å². The second-order valence-electron chi connectivity index (χ2n) is 6.05. The largest absolute Gasteiger partial charge is 0.493 e. The van der Waals surface area contributed by atoms with Crippen LogP contribution in [0.25, 0.3) is 0 Å². The van der Waals surface area contributed by atoms with Crippen molar-refractivity contribution in [1.29, 1.82) is 0 Å². The number of ether oxygens (including phenoxy) is 5. The normalized spacial score (nSPS) is 15.0. The predicted molar refractivity (Wildman–Crippen MR) is 97.7 cm³/mol. The fourth-order valence-electron chi connectivity index (χ4n) is 3.40. The molecule has 0 spiro atoms. The Kier molecular flexibility index (Phi) is 4.32. The summed E-state index contributed by atoms with van der Waals surface area (Å²) in [4.78, 5) is 4.76. The van der Waals surface area contributed by atoms with Crippen LogP contribution < -0.4 is 23.7 Å². The van der Waals surface area contributed by atoms with Gasteiger partial charge in [0, 0.05) is 17.7 Å². The van der Waals surface area contributed by atoms with Gasteiger partial charge in [-0.2, -0.15) is 0 Å². The third-order valence-corrected chi connectivity index (χ3v) is 4.61. The van der Waals surface area contributed by atoms with Crippen molar-refractivity contribution in [2.75, 3.05) is 41.1 Å². The van der Waals surface area contributed by atoms with Crippen LogP contribution in [0.2, 0.25) is 0 Å². The van der Waals surface area contributed by atoms with Crippen molar-refractivity contribution < 1.29 is 23.7 Å². The summed E-state index contributed by atoms with van der Waals surface area (Å²) >= 11 is 0. The quantitative estimate of drug-likeness (QED) is 0.844. The smallest absolute Gasteiger partial charge is 0.203 e. The van der Waals surface area contributed by atoms with Crippen LogP contribution in [-0.4, -0.2) is 46.8 Å². The maximum atomic E-state index is 5.75. The van der Waals surface area contributed by atoms with Gasteiger partial charge in [-0.1, -0.05) is 0 Å². The molecule has 136 valence electrons. The maximum Gasteiger partial charge on any atom is 0.203 e. The summed E-state index contributed by atoms with van der Waals surface area (Å²) in [5.74, 6) is 3.35. The molecule has 2 heterocycles. The molecule has 4 rings (SSSR count). The van der Waals surface area contributed by atoms with Crippen molar-refractivity contribution in [3.63, 3.8) is 0 Å². The molecular weight excluding hydrogens is 334 g/mol. The highest BCUT2D eigenvalue weighted by Gasteiger charge is 2.24. The minimum absolute atomic E-state index is 0.558. The second kappa shape index (κ2) is 6.78. The Morgan fingerprint density at radius 3 is 2.12 bits per heavy atom. The molecule has 26 heavy (non-hydrogen) atoms. The monoisotopic (exact) mass is 355 g/mol. The van der Waals surface area contributed by atoms with Gasteiger partial charge in [-0.15, -0.1) is 0 Å². The Morgan fingerprint density at radius 1 is 0.846 bits per heavy atom. The molecule has 2 aromatic carbocycles. The zero-order valence-corrected chi connectivity index (χ0v) is 15.1. The van der Waals surface area contributed by atoms with Gasteiger partial charge in [0.1, 0.15) is 13.2 Å². The van der Waals surface area contributed by atoms with Crippen LogP contribution in [0.5, 0.6) is 28.7 Å². The van der Waals surface area contributed by atoms with E-state index in [2.05, 4.69) is 6.07 Å². The number of rotatable bonds is 4. The van der Waals surface area contributed by atoms with Gasteiger partial charge >= 0.3 is 0 Å². The van der Waals surface area contributed by atoms with E-state index in [1.54, 1.807) is 21.3 Å². The van der Waals surface area contributed by atoms with E-state index < -0.39 is 0 Å². The first-order valence-corrected chi connectivity index (χ1v) is 8.53. The van der Waals surface area contributed by atoms with Crippen LogP contribution in [0.15, 0.2) is 29.3 Å². The van der Waals surface area contributed by atoms with Crippen molar-refractivity contribution >= 4 is 5.71 Å². The van der Waals surface area contributed by atoms with Gasteiger partial charge in [-0.3, -0.25) is 4.99 Å².